The van der Waals surface area contributed by atoms with Gasteiger partial charge >= 0.3 is 11.4 Å². The molecule has 0 aliphatic heterocycles. The highest BCUT2D eigenvalue weighted by atomic mass is 32.2. The highest BCUT2D eigenvalue weighted by Crippen LogP contribution is 2.33. The van der Waals surface area contributed by atoms with E-state index in [1.54, 1.807) is 48.1 Å². The molecule has 0 aliphatic rings. The fraction of sp³-hybridized carbons (Fsp3) is 0.216. The molecule has 0 radical (unpaired) electrons. The molecule has 0 atom stereocenters. The van der Waals surface area contributed by atoms with Crippen LogP contribution in [-0.4, -0.2) is 139 Å². The number of nitrogens with one attached hydrogen (secondary N) is 4. The number of nitro benzene ring substituents is 2. The monoisotopic (exact) mass is 1170 g/mol. The number of fused-ring (bicyclic) bond motifs is 3. The summed E-state index contributed by atoms with van der Waals surface area (Å²) in [6, 6.07) is 25.2. The molecule has 418 valence electrons. The molecule has 80 heavy (non-hydrogen) atoms. The largest absolute Gasteiger partial charge is 0.383 e. The van der Waals surface area contributed by atoms with Gasteiger partial charge in [-0.05, 0) is 72.8 Å². The zero-order valence-corrected chi connectivity index (χ0v) is 46.5. The van der Waals surface area contributed by atoms with E-state index in [0.717, 1.165) is 55.7 Å². The molecule has 0 bridgehead atoms. The Morgan fingerprint density at radius 3 is 1.74 bits per heavy atom. The zero-order valence-electron chi connectivity index (χ0n) is 43.3. The minimum absolute atomic E-state index is 0.164. The van der Waals surface area contributed by atoms with Gasteiger partial charge in [0.2, 0.25) is 5.82 Å². The molecular formula is C51H51FN12O12S4. The second-order valence-electron chi connectivity index (χ2n) is 16.9. The Morgan fingerprint density at radius 1 is 0.675 bits per heavy atom. The number of nitrogens with zero attached hydrogens (tertiary/aromatic N) is 8. The van der Waals surface area contributed by atoms with E-state index in [1.165, 1.54) is 57.0 Å². The Balaban J connectivity index is 0.000000163. The zero-order chi connectivity index (χ0) is 57.6. The third-order valence-electron chi connectivity index (χ3n) is 11.4. The molecule has 0 fully saturated rings. The summed E-state index contributed by atoms with van der Waals surface area (Å²) in [5.74, 6) is 1.15. The van der Waals surface area contributed by atoms with E-state index < -0.39 is 46.7 Å². The van der Waals surface area contributed by atoms with Gasteiger partial charge in [-0.1, -0.05) is 18.2 Å². The first-order chi connectivity index (χ1) is 38.4. The van der Waals surface area contributed by atoms with Gasteiger partial charge < -0.3 is 39.4 Å². The Morgan fingerprint density at radius 2 is 1.20 bits per heavy atom. The van der Waals surface area contributed by atoms with Gasteiger partial charge in [0.15, 0.2) is 31.8 Å². The van der Waals surface area contributed by atoms with Gasteiger partial charge in [0, 0.05) is 64.6 Å². The molecule has 24 nitrogen and oxygen atoms in total. The number of carbonyl (C=O) groups is 1. The van der Waals surface area contributed by atoms with Crippen LogP contribution in [0.4, 0.5) is 27.1 Å². The van der Waals surface area contributed by atoms with E-state index in [1.807, 2.05) is 58.1 Å². The summed E-state index contributed by atoms with van der Waals surface area (Å²) in [5, 5.41) is 27.1. The van der Waals surface area contributed by atoms with Crippen molar-refractivity contribution in [1.82, 2.24) is 39.5 Å². The molecule has 4 N–H and O–H groups in total. The van der Waals surface area contributed by atoms with Crippen molar-refractivity contribution in [3.63, 3.8) is 0 Å². The number of nitro groups is 2. The number of para-hydroxylation sites is 3. The molecule has 10 rings (SSSR count). The molecular weight excluding hydrogens is 1120 g/mol. The molecule has 10 aromatic rings. The van der Waals surface area contributed by atoms with Crippen LogP contribution in [-0.2, 0) is 40.4 Å². The number of methoxy groups -OCH3 is 3. The standard InChI is InChI=1S/C21H19N5O3S2.C11H7N3OS.C10H14N2O5S.C9H11FN2O3/c1-29-9-8-26-16-4-3-5-18(31(2,27)28)19(16)25-21(26)15-11-22-20(24-15)13-6-7-17-14(10-13)23-12-30-17;15-5-8-4-12-11(14-8)7-1-2-10-9(3-7)13-6-16-10;1-17-7-6-11-8-4-3-5-9(18(2,15)16)10(8)12(13)14;1-15-6-5-11-8-4-2-3-7(10)9(8)12(13)14/h3-7,10-12H,8-9H2,1-2H3,(H,22,24);1-6H,(H,12,14);3-5,11H,6-7H2,1-2H3;2-4,11H,5-6H2,1H3. The lowest BCUT2D eigenvalue weighted by atomic mass is 10.2. The summed E-state index contributed by atoms with van der Waals surface area (Å²) in [4.78, 5) is 58.8. The predicted octanol–water partition coefficient (Wildman–Crippen LogP) is 9.10. The first-order valence-corrected chi connectivity index (χ1v) is 29.2. The molecule has 0 aliphatic carbocycles. The number of ether oxygens (including phenoxy) is 3. The van der Waals surface area contributed by atoms with Crippen molar-refractivity contribution in [2.24, 2.45) is 0 Å². The van der Waals surface area contributed by atoms with Crippen molar-refractivity contribution in [2.75, 3.05) is 77.4 Å². The van der Waals surface area contributed by atoms with Gasteiger partial charge in [0.25, 0.3) is 0 Å². The number of aromatic nitrogens is 8. The van der Waals surface area contributed by atoms with Crippen LogP contribution in [0.3, 0.4) is 0 Å². The summed E-state index contributed by atoms with van der Waals surface area (Å²) < 4.78 is 79.7. The van der Waals surface area contributed by atoms with Crippen LogP contribution in [0.1, 0.15) is 10.5 Å². The molecule has 0 unspecified atom stereocenters. The van der Waals surface area contributed by atoms with Gasteiger partial charge in [-0.2, -0.15) is 4.39 Å². The molecule has 0 spiro atoms. The van der Waals surface area contributed by atoms with E-state index in [9.17, 15) is 46.2 Å². The van der Waals surface area contributed by atoms with Crippen LogP contribution >= 0.6 is 22.7 Å². The summed E-state index contributed by atoms with van der Waals surface area (Å²) in [6.45, 7) is 2.48. The van der Waals surface area contributed by atoms with E-state index >= 15 is 0 Å². The van der Waals surface area contributed by atoms with E-state index in [4.69, 9.17) is 19.2 Å². The molecule has 0 saturated carbocycles. The van der Waals surface area contributed by atoms with Gasteiger partial charge in [0.1, 0.15) is 39.1 Å². The first-order valence-electron chi connectivity index (χ1n) is 23.6. The summed E-state index contributed by atoms with van der Waals surface area (Å²) in [7, 11) is -2.42. The average Bonchev–Trinajstić information content (AvgIpc) is 4.34. The normalized spacial score (nSPS) is 11.3. The minimum atomic E-state index is -3.64. The molecule has 0 amide bonds. The van der Waals surface area contributed by atoms with E-state index in [2.05, 4.69) is 40.5 Å². The molecule has 29 heteroatoms. The summed E-state index contributed by atoms with van der Waals surface area (Å²) >= 11 is 3.20. The van der Waals surface area contributed by atoms with Crippen molar-refractivity contribution in [2.45, 2.75) is 16.3 Å². The van der Waals surface area contributed by atoms with Crippen LogP contribution in [0.5, 0.6) is 0 Å². The van der Waals surface area contributed by atoms with Crippen LogP contribution in [0.15, 0.2) is 124 Å². The van der Waals surface area contributed by atoms with Crippen LogP contribution < -0.4 is 10.6 Å². The second-order valence-corrected chi connectivity index (χ2v) is 22.7. The third-order valence-corrected chi connectivity index (χ3v) is 15.3. The number of hydrogen-bond acceptors (Lipinski definition) is 21. The lowest BCUT2D eigenvalue weighted by molar-refractivity contribution is -0.386. The molecule has 5 aromatic carbocycles. The fourth-order valence-electron chi connectivity index (χ4n) is 7.74. The highest BCUT2D eigenvalue weighted by molar-refractivity contribution is 7.91. The Labute approximate surface area is 464 Å². The maximum Gasteiger partial charge on any atom is 0.327 e. The number of imidazole rings is 3. The number of benzene rings is 5. The number of thiazole rings is 2. The number of H-pyrrole nitrogens is 2. The van der Waals surface area contributed by atoms with Crippen molar-refractivity contribution in [3.05, 3.63) is 146 Å². The van der Waals surface area contributed by atoms with Crippen LogP contribution in [0.25, 0.3) is 65.8 Å². The lowest BCUT2D eigenvalue weighted by Crippen LogP contribution is -2.11. The van der Waals surface area contributed by atoms with E-state index in [-0.39, 0.29) is 21.2 Å². The predicted molar refractivity (Wildman–Crippen MR) is 303 cm³/mol. The second kappa shape index (κ2) is 26.9. The Kier molecular flexibility index (Phi) is 19.9. The molecule has 0 saturated heterocycles. The van der Waals surface area contributed by atoms with Gasteiger partial charge in [-0.15, -0.1) is 22.7 Å². The lowest BCUT2D eigenvalue weighted by Gasteiger charge is -2.08. The number of halogens is 1. The topological polar surface area (TPSA) is 324 Å². The SMILES string of the molecule is COCCNc1cccc(F)c1[N+](=O)[O-].COCCNc1cccc(S(C)(=O)=O)c1[N+](=O)[O-].COCCn1c(-c2cnc(-c3ccc4scnc4c3)[nH]2)nc2c(S(C)(=O)=O)cccc21.O=Cc1cnc(-c2ccc3scnc3c2)[nH]1. The maximum absolute atomic E-state index is 13.1. The smallest absolute Gasteiger partial charge is 0.327 e. The van der Waals surface area contributed by atoms with Crippen LogP contribution in [0.2, 0.25) is 0 Å². The average molecular weight is 1170 g/mol. The van der Waals surface area contributed by atoms with Crippen LogP contribution in [0, 0.1) is 26.0 Å². The van der Waals surface area contributed by atoms with Crippen molar-refractivity contribution >= 4 is 103 Å². The number of aldehydes is 1. The number of hydrogen-bond donors (Lipinski definition) is 4. The number of aromatic amines is 2. The van der Waals surface area contributed by atoms with Gasteiger partial charge in [-0.3, -0.25) is 25.0 Å². The minimum Gasteiger partial charge on any atom is -0.383 e. The van der Waals surface area contributed by atoms with Crippen molar-refractivity contribution < 1.29 is 50.1 Å². The van der Waals surface area contributed by atoms with Crippen molar-refractivity contribution in [3.8, 4) is 34.3 Å². The van der Waals surface area contributed by atoms with Gasteiger partial charge in [-0.25, -0.2) is 41.8 Å². The maximum atomic E-state index is 13.1. The number of rotatable bonds is 19. The number of carbonyl (C=O) groups excluding carboxylic acids is 1. The molecule has 5 heterocycles. The Hall–Kier alpha value is -8.45. The number of sulfone groups is 2. The molecule has 5 aromatic heterocycles. The summed E-state index contributed by atoms with van der Waals surface area (Å²) in [6.07, 6.45) is 6.11. The quantitative estimate of drug-likeness (QED) is 0.0254. The highest BCUT2D eigenvalue weighted by Gasteiger charge is 2.26. The van der Waals surface area contributed by atoms with E-state index in [0.29, 0.717) is 73.8 Å². The number of anilines is 2. The third kappa shape index (κ3) is 14.6. The first kappa shape index (κ1) is 59.2. The van der Waals surface area contributed by atoms with Crippen molar-refractivity contribution in [1.29, 1.82) is 0 Å². The summed E-state index contributed by atoms with van der Waals surface area (Å²) in [5.41, 5.74) is 9.07. The van der Waals surface area contributed by atoms with Gasteiger partial charge in [0.05, 0.1) is 89.6 Å². The fourth-order valence-corrected chi connectivity index (χ4v) is 10.7. The Bertz CT molecular complexity index is 4030.